The summed E-state index contributed by atoms with van der Waals surface area (Å²) < 4.78 is 79.1. The number of pyridine rings is 1. The molecule has 6 nitrogen and oxygen atoms in total. The molecule has 1 atom stereocenters. The van der Waals surface area contributed by atoms with Crippen molar-refractivity contribution in [2.45, 2.75) is 93.7 Å². The summed E-state index contributed by atoms with van der Waals surface area (Å²) in [6.07, 6.45) is 0.772. The first kappa shape index (κ1) is 27.5. The van der Waals surface area contributed by atoms with Crippen LogP contribution in [0.25, 0.3) is 11.5 Å². The fraction of sp³-hybridized carbons (Fsp3) is 0.548. The average molecular weight is 587 g/mol. The number of rotatable bonds is 7. The molecule has 42 heavy (non-hydrogen) atoms. The lowest BCUT2D eigenvalue weighted by molar-refractivity contribution is -0.218. The van der Waals surface area contributed by atoms with Gasteiger partial charge >= 0.3 is 6.18 Å². The van der Waals surface area contributed by atoms with E-state index in [9.17, 15) is 18.0 Å². The number of amides is 1. The highest BCUT2D eigenvalue weighted by Gasteiger charge is 2.68. The van der Waals surface area contributed by atoms with Crippen molar-refractivity contribution in [1.82, 2.24) is 20.4 Å². The summed E-state index contributed by atoms with van der Waals surface area (Å²) in [6.45, 7) is 0. The van der Waals surface area contributed by atoms with Crippen molar-refractivity contribution < 1.29 is 31.3 Å². The number of halogens is 5. The van der Waals surface area contributed by atoms with E-state index >= 15 is 8.78 Å². The summed E-state index contributed by atoms with van der Waals surface area (Å²) >= 11 is 0. The molecule has 0 saturated heterocycles. The summed E-state index contributed by atoms with van der Waals surface area (Å²) in [5, 5.41) is 7.09. The van der Waals surface area contributed by atoms with Crippen molar-refractivity contribution in [3.05, 3.63) is 65.2 Å². The van der Waals surface area contributed by atoms with Crippen molar-refractivity contribution in [2.24, 2.45) is 11.3 Å². The maximum atomic E-state index is 16.6. The van der Waals surface area contributed by atoms with Gasteiger partial charge in [0.1, 0.15) is 0 Å². The van der Waals surface area contributed by atoms with E-state index in [4.69, 9.17) is 4.52 Å². The molecular formula is C31H31F5N4O2. The molecule has 3 aromatic rings. The molecule has 1 N–H and O–H groups in total. The van der Waals surface area contributed by atoms with Crippen molar-refractivity contribution in [3.63, 3.8) is 0 Å². The lowest BCUT2D eigenvalue weighted by atomic mass is 9.48. The third kappa shape index (κ3) is 4.50. The van der Waals surface area contributed by atoms with Crippen LogP contribution in [0.1, 0.15) is 98.8 Å². The number of nitrogens with zero attached hydrogens (tertiary/aromatic N) is 3. The Hall–Kier alpha value is -3.37. The lowest BCUT2D eigenvalue weighted by Gasteiger charge is -2.60. The molecule has 2 heterocycles. The minimum absolute atomic E-state index is 0.0319. The zero-order valence-electron chi connectivity index (χ0n) is 22.9. The van der Waals surface area contributed by atoms with E-state index in [0.717, 1.165) is 50.4 Å². The molecule has 5 aliphatic carbocycles. The summed E-state index contributed by atoms with van der Waals surface area (Å²) in [4.78, 5) is 21.9. The molecule has 2 bridgehead atoms. The van der Waals surface area contributed by atoms with Crippen LogP contribution < -0.4 is 5.32 Å². The molecule has 2 aromatic heterocycles. The van der Waals surface area contributed by atoms with Gasteiger partial charge in [-0.2, -0.15) is 18.2 Å². The fourth-order valence-corrected chi connectivity index (χ4v) is 7.24. The lowest BCUT2D eigenvalue weighted by Crippen LogP contribution is -2.62. The van der Waals surface area contributed by atoms with Crippen molar-refractivity contribution >= 4 is 5.91 Å². The van der Waals surface area contributed by atoms with Crippen LogP contribution in [0.5, 0.6) is 0 Å². The molecule has 1 aromatic carbocycles. The number of carbonyl (C=O) groups excluding carboxylic acids is 1. The number of fused-ring (bicyclic) bond motifs is 3. The molecule has 1 amide bonds. The van der Waals surface area contributed by atoms with Crippen LogP contribution in [0.3, 0.4) is 0 Å². The van der Waals surface area contributed by atoms with Gasteiger partial charge in [-0.25, -0.2) is 8.78 Å². The first-order valence-corrected chi connectivity index (χ1v) is 14.7. The first-order chi connectivity index (χ1) is 20.0. The van der Waals surface area contributed by atoms with Gasteiger partial charge in [0.15, 0.2) is 5.82 Å². The Morgan fingerprint density at radius 1 is 1.02 bits per heavy atom. The standard InChI is InChI=1S/C31H31F5N4O2/c32-30(33)17-28(23-16-22(9-14-37-23)31(34,35)36)10-12-29(30,13-11-28)24(38-26(41)19-3-1-4-19)20-5-2-6-21(15-20)27-39-25(40-42-27)18-7-8-18/h2,5-6,9,14-16,18-19,24H,1,3-4,7-8,10-13,17H2,(H,38,41). The largest absolute Gasteiger partial charge is 0.416 e. The second-order valence-corrected chi connectivity index (χ2v) is 12.7. The minimum Gasteiger partial charge on any atom is -0.348 e. The number of carbonyl (C=O) groups is 1. The van der Waals surface area contributed by atoms with Gasteiger partial charge in [-0.3, -0.25) is 9.78 Å². The van der Waals surface area contributed by atoms with Crippen molar-refractivity contribution in [3.8, 4) is 11.5 Å². The van der Waals surface area contributed by atoms with E-state index in [-0.39, 0.29) is 49.1 Å². The van der Waals surface area contributed by atoms with Crippen LogP contribution in [0, 0.1) is 11.3 Å². The Morgan fingerprint density at radius 2 is 1.79 bits per heavy atom. The van der Waals surface area contributed by atoms with Crippen molar-refractivity contribution in [2.75, 3.05) is 0 Å². The van der Waals surface area contributed by atoms with Gasteiger partial charge in [0.05, 0.1) is 17.0 Å². The summed E-state index contributed by atoms with van der Waals surface area (Å²) in [7, 11) is 0. The number of aromatic nitrogens is 3. The molecule has 5 saturated carbocycles. The Labute approximate surface area is 239 Å². The highest BCUT2D eigenvalue weighted by Crippen LogP contribution is 2.68. The predicted molar refractivity (Wildman–Crippen MR) is 141 cm³/mol. The van der Waals surface area contributed by atoms with Crippen LogP contribution in [0.4, 0.5) is 22.0 Å². The van der Waals surface area contributed by atoms with E-state index in [1.165, 1.54) is 0 Å². The van der Waals surface area contributed by atoms with Crippen LogP contribution in [0.2, 0.25) is 0 Å². The summed E-state index contributed by atoms with van der Waals surface area (Å²) in [5.41, 5.74) is -2.49. The van der Waals surface area contributed by atoms with Crippen LogP contribution in [0.15, 0.2) is 47.1 Å². The Bertz CT molecular complexity index is 1500. The van der Waals surface area contributed by atoms with Gasteiger partial charge in [0.2, 0.25) is 5.91 Å². The third-order valence-corrected chi connectivity index (χ3v) is 10.2. The zero-order valence-corrected chi connectivity index (χ0v) is 22.9. The number of benzene rings is 1. The quantitative estimate of drug-likeness (QED) is 0.290. The molecule has 0 radical (unpaired) electrons. The smallest absolute Gasteiger partial charge is 0.348 e. The Balaban J connectivity index is 1.24. The molecule has 1 unspecified atom stereocenters. The van der Waals surface area contributed by atoms with E-state index in [0.29, 0.717) is 22.8 Å². The highest BCUT2D eigenvalue weighted by molar-refractivity contribution is 5.80. The molecule has 5 aliphatic rings. The molecule has 0 aliphatic heterocycles. The molecule has 8 rings (SSSR count). The van der Waals surface area contributed by atoms with Gasteiger partial charge in [-0.15, -0.1) is 0 Å². The van der Waals surface area contributed by atoms with Crippen LogP contribution in [-0.4, -0.2) is 27.0 Å². The molecular weight excluding hydrogens is 555 g/mol. The normalized spacial score (nSPS) is 27.8. The van der Waals surface area contributed by atoms with Gasteiger partial charge in [-0.05, 0) is 81.2 Å². The van der Waals surface area contributed by atoms with Gasteiger partial charge in [0.25, 0.3) is 11.8 Å². The van der Waals surface area contributed by atoms with E-state index in [2.05, 4.69) is 20.4 Å². The van der Waals surface area contributed by atoms with Crippen LogP contribution in [-0.2, 0) is 16.4 Å². The molecule has 11 heteroatoms. The first-order valence-electron chi connectivity index (χ1n) is 14.7. The topological polar surface area (TPSA) is 80.9 Å². The fourth-order valence-electron chi connectivity index (χ4n) is 7.24. The number of nitrogens with one attached hydrogen (secondary N) is 1. The van der Waals surface area contributed by atoms with Gasteiger partial charge in [-0.1, -0.05) is 23.7 Å². The number of hydrogen-bond acceptors (Lipinski definition) is 5. The van der Waals surface area contributed by atoms with E-state index in [1.807, 2.05) is 0 Å². The molecule has 5 fully saturated rings. The zero-order chi connectivity index (χ0) is 29.3. The maximum absolute atomic E-state index is 16.6. The summed E-state index contributed by atoms with van der Waals surface area (Å²) in [6, 6.07) is 7.79. The SMILES string of the molecule is O=C(NC(c1cccc(-c2nc(C3CC3)no2)c1)C12CCC(c3cc(C(F)(F)F)ccn3)(CC1)CC2(F)F)C1CCC1. The summed E-state index contributed by atoms with van der Waals surface area (Å²) in [5.74, 6) is -2.51. The third-order valence-electron chi connectivity index (χ3n) is 10.2. The highest BCUT2D eigenvalue weighted by atomic mass is 19.4. The van der Waals surface area contributed by atoms with Crippen molar-refractivity contribution in [1.29, 1.82) is 0 Å². The minimum atomic E-state index is -4.59. The number of hydrogen-bond donors (Lipinski definition) is 1. The number of alkyl halides is 5. The predicted octanol–water partition coefficient (Wildman–Crippen LogP) is 7.52. The Morgan fingerprint density at radius 3 is 2.43 bits per heavy atom. The van der Waals surface area contributed by atoms with E-state index < -0.39 is 41.0 Å². The van der Waals surface area contributed by atoms with Gasteiger partial charge < -0.3 is 9.84 Å². The van der Waals surface area contributed by atoms with E-state index in [1.54, 1.807) is 24.3 Å². The second kappa shape index (κ2) is 9.57. The van der Waals surface area contributed by atoms with Gasteiger partial charge in [0, 0.05) is 41.1 Å². The average Bonchev–Trinajstić information content (AvgIpc) is 3.66. The Kier molecular flexibility index (Phi) is 6.26. The molecule has 222 valence electrons. The van der Waals surface area contributed by atoms with Crippen LogP contribution >= 0.6 is 0 Å². The maximum Gasteiger partial charge on any atom is 0.416 e. The monoisotopic (exact) mass is 586 g/mol. The second-order valence-electron chi connectivity index (χ2n) is 12.7. The molecule has 0 spiro atoms.